The highest BCUT2D eigenvalue weighted by atomic mass is 79.9. The highest BCUT2D eigenvalue weighted by Crippen LogP contribution is 2.33. The quantitative estimate of drug-likeness (QED) is 0.571. The molecule has 4 nitrogen and oxygen atoms in total. The number of hydrogen-bond acceptors (Lipinski definition) is 3. The lowest BCUT2D eigenvalue weighted by molar-refractivity contribution is -0.137. The molecule has 0 atom stereocenters. The van der Waals surface area contributed by atoms with Crippen molar-refractivity contribution in [3.63, 3.8) is 0 Å². The normalized spacial score (nSPS) is 11.8. The Labute approximate surface area is 144 Å². The van der Waals surface area contributed by atoms with Crippen molar-refractivity contribution in [2.45, 2.75) is 6.18 Å². The summed E-state index contributed by atoms with van der Waals surface area (Å²) in [5.74, 6) is -3.75. The van der Waals surface area contributed by atoms with E-state index in [1.165, 1.54) is 0 Å². The van der Waals surface area contributed by atoms with E-state index in [0.29, 0.717) is 4.68 Å². The molecule has 3 aromatic rings. The molecular formula is C15H6BrF5N2O2. The predicted octanol–water partition coefficient (Wildman–Crippen LogP) is 4.55. The van der Waals surface area contributed by atoms with E-state index >= 15 is 0 Å². The van der Waals surface area contributed by atoms with Crippen LogP contribution in [-0.4, -0.2) is 9.78 Å². The zero-order valence-electron chi connectivity index (χ0n) is 11.9. The van der Waals surface area contributed by atoms with Gasteiger partial charge >= 0.3 is 11.9 Å². The van der Waals surface area contributed by atoms with Crippen LogP contribution in [0.2, 0.25) is 0 Å². The van der Waals surface area contributed by atoms with Gasteiger partial charge in [-0.15, -0.1) is 5.10 Å². The summed E-state index contributed by atoms with van der Waals surface area (Å²) in [5, 5.41) is 3.67. The Kier molecular flexibility index (Phi) is 4.23. The van der Waals surface area contributed by atoms with E-state index in [1.54, 1.807) is 0 Å². The molecule has 0 N–H and O–H groups in total. The highest BCUT2D eigenvalue weighted by Gasteiger charge is 2.31. The maximum atomic E-state index is 13.8. The van der Waals surface area contributed by atoms with E-state index in [1.807, 2.05) is 0 Å². The molecule has 0 amide bonds. The van der Waals surface area contributed by atoms with E-state index in [2.05, 4.69) is 21.0 Å². The summed E-state index contributed by atoms with van der Waals surface area (Å²) in [6.45, 7) is 0. The first-order valence-corrected chi connectivity index (χ1v) is 7.39. The molecule has 0 saturated carbocycles. The van der Waals surface area contributed by atoms with Crippen LogP contribution in [0.25, 0.3) is 17.1 Å². The molecule has 0 bridgehead atoms. The zero-order valence-corrected chi connectivity index (χ0v) is 13.5. The average Bonchev–Trinajstić information content (AvgIpc) is 2.87. The minimum atomic E-state index is -4.57. The Morgan fingerprint density at radius 1 is 1.08 bits per heavy atom. The van der Waals surface area contributed by atoms with E-state index in [-0.39, 0.29) is 10.2 Å². The van der Waals surface area contributed by atoms with Crippen LogP contribution >= 0.6 is 15.9 Å². The minimum absolute atomic E-state index is 0.0789. The lowest BCUT2D eigenvalue weighted by atomic mass is 10.2. The molecule has 3 rings (SSSR count). The van der Waals surface area contributed by atoms with Crippen molar-refractivity contribution in [2.24, 2.45) is 0 Å². The summed E-state index contributed by atoms with van der Waals surface area (Å²) < 4.78 is 70.8. The second-order valence-corrected chi connectivity index (χ2v) is 5.70. The van der Waals surface area contributed by atoms with Crippen LogP contribution in [0, 0.1) is 11.6 Å². The van der Waals surface area contributed by atoms with Crippen molar-refractivity contribution >= 4 is 15.9 Å². The fourth-order valence-electron chi connectivity index (χ4n) is 2.09. The summed E-state index contributed by atoms with van der Waals surface area (Å²) in [6, 6.07) is 5.50. The van der Waals surface area contributed by atoms with Gasteiger partial charge in [0.05, 0.1) is 11.3 Å². The fraction of sp³-hybridized carbons (Fsp3) is 0.0667. The van der Waals surface area contributed by atoms with Gasteiger partial charge in [0, 0.05) is 4.47 Å². The molecule has 25 heavy (non-hydrogen) atoms. The second kappa shape index (κ2) is 6.10. The molecule has 0 aliphatic carbocycles. The van der Waals surface area contributed by atoms with Gasteiger partial charge in [-0.25, -0.2) is 13.6 Å². The first kappa shape index (κ1) is 17.3. The van der Waals surface area contributed by atoms with Crippen molar-refractivity contribution < 1.29 is 26.4 Å². The highest BCUT2D eigenvalue weighted by molar-refractivity contribution is 9.10. The van der Waals surface area contributed by atoms with E-state index in [9.17, 15) is 26.7 Å². The predicted molar refractivity (Wildman–Crippen MR) is 80.2 cm³/mol. The molecule has 0 radical (unpaired) electrons. The van der Waals surface area contributed by atoms with Gasteiger partial charge in [0.1, 0.15) is 17.2 Å². The first-order chi connectivity index (χ1) is 11.7. The van der Waals surface area contributed by atoms with Crippen molar-refractivity contribution in [3.8, 4) is 17.1 Å². The number of hydrogen-bond donors (Lipinski definition) is 0. The molecule has 0 aliphatic rings. The number of alkyl halides is 3. The maximum absolute atomic E-state index is 13.8. The van der Waals surface area contributed by atoms with Crippen molar-refractivity contribution in [1.29, 1.82) is 0 Å². The topological polar surface area (TPSA) is 48.0 Å². The Hall–Kier alpha value is -2.49. The molecule has 0 saturated heterocycles. The Bertz CT molecular complexity index is 990. The molecule has 1 aromatic heterocycles. The summed E-state index contributed by atoms with van der Waals surface area (Å²) in [6.07, 6.45) is -4.57. The van der Waals surface area contributed by atoms with Gasteiger partial charge < -0.3 is 4.42 Å². The third kappa shape index (κ3) is 3.21. The summed E-state index contributed by atoms with van der Waals surface area (Å²) in [7, 11) is 0. The zero-order chi connectivity index (χ0) is 18.4. The molecule has 2 aromatic carbocycles. The van der Waals surface area contributed by atoms with E-state index in [0.717, 1.165) is 36.4 Å². The molecular weight excluding hydrogens is 415 g/mol. The van der Waals surface area contributed by atoms with Gasteiger partial charge in [-0.3, -0.25) is 0 Å². The number of rotatable bonds is 2. The van der Waals surface area contributed by atoms with E-state index < -0.39 is 40.6 Å². The van der Waals surface area contributed by atoms with Gasteiger partial charge in [0.2, 0.25) is 0 Å². The number of benzene rings is 2. The standard InChI is InChI=1S/C15H6BrF5N2O2/c16-8-6-7(15(19,20)21)4-5-11(8)23-14(24)25-13(22-23)12-9(17)2-1-3-10(12)18/h1-6H. The number of halogens is 6. The molecule has 0 aliphatic heterocycles. The maximum Gasteiger partial charge on any atom is 0.442 e. The fourth-order valence-corrected chi connectivity index (χ4v) is 2.64. The van der Waals surface area contributed by atoms with Gasteiger partial charge in [-0.05, 0) is 46.3 Å². The van der Waals surface area contributed by atoms with Gasteiger partial charge in [0.15, 0.2) is 0 Å². The summed E-state index contributed by atoms with van der Waals surface area (Å²) >= 11 is 2.92. The lowest BCUT2D eigenvalue weighted by Gasteiger charge is -2.09. The molecule has 0 fully saturated rings. The summed E-state index contributed by atoms with van der Waals surface area (Å²) in [4.78, 5) is 11.9. The largest absolute Gasteiger partial charge is 0.442 e. The first-order valence-electron chi connectivity index (χ1n) is 6.60. The monoisotopic (exact) mass is 420 g/mol. The van der Waals surface area contributed by atoms with Crippen LogP contribution in [0.3, 0.4) is 0 Å². The molecule has 130 valence electrons. The Morgan fingerprint density at radius 2 is 1.72 bits per heavy atom. The van der Waals surface area contributed by atoms with Gasteiger partial charge in [0.25, 0.3) is 5.89 Å². The smallest absolute Gasteiger partial charge is 0.387 e. The van der Waals surface area contributed by atoms with Crippen LogP contribution in [0.15, 0.2) is 50.1 Å². The van der Waals surface area contributed by atoms with Crippen molar-refractivity contribution in [3.05, 3.63) is 68.6 Å². The molecule has 0 spiro atoms. The number of nitrogens with zero attached hydrogens (tertiary/aromatic N) is 2. The van der Waals surface area contributed by atoms with Crippen LogP contribution in [0.5, 0.6) is 0 Å². The molecule has 1 heterocycles. The molecule has 0 unspecified atom stereocenters. The minimum Gasteiger partial charge on any atom is -0.387 e. The third-order valence-electron chi connectivity index (χ3n) is 3.23. The lowest BCUT2D eigenvalue weighted by Crippen LogP contribution is -2.14. The average molecular weight is 421 g/mol. The summed E-state index contributed by atoms with van der Waals surface area (Å²) in [5.41, 5.74) is -1.67. The van der Waals surface area contributed by atoms with Crippen molar-refractivity contribution in [2.75, 3.05) is 0 Å². The van der Waals surface area contributed by atoms with Crippen molar-refractivity contribution in [1.82, 2.24) is 9.78 Å². The van der Waals surface area contributed by atoms with Crippen LogP contribution in [0.1, 0.15) is 5.56 Å². The van der Waals surface area contributed by atoms with Crippen LogP contribution in [0.4, 0.5) is 22.0 Å². The Balaban J connectivity index is 2.12. The van der Waals surface area contributed by atoms with Crippen LogP contribution < -0.4 is 5.76 Å². The third-order valence-corrected chi connectivity index (χ3v) is 3.86. The Morgan fingerprint density at radius 3 is 2.28 bits per heavy atom. The van der Waals surface area contributed by atoms with E-state index in [4.69, 9.17) is 4.42 Å². The van der Waals surface area contributed by atoms with Gasteiger partial charge in [-0.1, -0.05) is 6.07 Å². The second-order valence-electron chi connectivity index (χ2n) is 4.85. The van der Waals surface area contributed by atoms with Crippen LogP contribution in [-0.2, 0) is 6.18 Å². The SMILES string of the molecule is O=c1oc(-c2c(F)cccc2F)nn1-c1ccc(C(F)(F)F)cc1Br. The molecule has 10 heteroatoms. The number of aromatic nitrogens is 2. The van der Waals surface area contributed by atoms with Gasteiger partial charge in [-0.2, -0.15) is 17.9 Å².